The molecule has 0 unspecified atom stereocenters. The molecule has 0 saturated heterocycles. The molecule has 0 radical (unpaired) electrons. The fourth-order valence-electron chi connectivity index (χ4n) is 3.17. The van der Waals surface area contributed by atoms with Gasteiger partial charge in [0.05, 0.1) is 0 Å². The maximum atomic E-state index is 13.1. The van der Waals surface area contributed by atoms with Crippen molar-refractivity contribution in [3.05, 3.63) is 89.5 Å². The van der Waals surface area contributed by atoms with Gasteiger partial charge >= 0.3 is 5.97 Å². The number of benzene rings is 3. The molecule has 0 aliphatic carbocycles. The smallest absolute Gasteiger partial charge is 0.347 e. The monoisotopic (exact) mass is 402 g/mol. The van der Waals surface area contributed by atoms with E-state index in [0.717, 1.165) is 5.56 Å². The number of ether oxygens (including phenoxy) is 2. The minimum Gasteiger partial charge on any atom is -0.456 e. The number of para-hydroxylation sites is 2. The van der Waals surface area contributed by atoms with Crippen LogP contribution in [-0.2, 0) is 10.8 Å². The molecule has 3 nitrogen and oxygen atoms in total. The Morgan fingerprint density at radius 2 is 1.33 bits per heavy atom. The van der Waals surface area contributed by atoms with Gasteiger partial charge in [0.2, 0.25) is 0 Å². The summed E-state index contributed by atoms with van der Waals surface area (Å²) in [5.74, 6) is 1.28. The zero-order valence-electron chi connectivity index (χ0n) is 18.7. The number of rotatable bonds is 4. The van der Waals surface area contributed by atoms with Crippen LogP contribution < -0.4 is 9.47 Å². The van der Waals surface area contributed by atoms with Crippen molar-refractivity contribution < 1.29 is 14.3 Å². The number of esters is 1. The summed E-state index contributed by atoms with van der Waals surface area (Å²) >= 11 is 0. The fourth-order valence-corrected chi connectivity index (χ4v) is 3.17. The Balaban J connectivity index is 1.93. The molecule has 0 bridgehead atoms. The second kappa shape index (κ2) is 8.35. The van der Waals surface area contributed by atoms with Crippen LogP contribution >= 0.6 is 0 Å². The van der Waals surface area contributed by atoms with Crippen molar-refractivity contribution in [1.29, 1.82) is 0 Å². The maximum Gasteiger partial charge on any atom is 0.347 e. The normalized spacial score (nSPS) is 11.8. The summed E-state index contributed by atoms with van der Waals surface area (Å²) in [5, 5.41) is 0. The standard InChI is InChI=1S/C27H30O3/c1-26(2,3)19-16-17-24(22(18-19)27(4,5)6)30-25(28)21-14-10-11-15-23(21)29-20-12-8-7-9-13-20/h7-18H,1-6H3. The van der Waals surface area contributed by atoms with Crippen molar-refractivity contribution in [3.8, 4) is 17.2 Å². The molecule has 0 heterocycles. The summed E-state index contributed by atoms with van der Waals surface area (Å²) in [4.78, 5) is 13.1. The molecule has 0 spiro atoms. The van der Waals surface area contributed by atoms with Gasteiger partial charge in [-0.3, -0.25) is 0 Å². The predicted molar refractivity (Wildman–Crippen MR) is 122 cm³/mol. The Hall–Kier alpha value is -3.07. The van der Waals surface area contributed by atoms with Crippen LogP contribution in [0.2, 0.25) is 0 Å². The number of carbonyl (C=O) groups is 1. The highest BCUT2D eigenvalue weighted by molar-refractivity contribution is 5.94. The Bertz CT molecular complexity index is 1020. The van der Waals surface area contributed by atoms with Crippen LogP contribution in [-0.4, -0.2) is 5.97 Å². The summed E-state index contributed by atoms with van der Waals surface area (Å²) in [6, 6.07) is 22.6. The summed E-state index contributed by atoms with van der Waals surface area (Å²) in [6.07, 6.45) is 0. The van der Waals surface area contributed by atoms with Gasteiger partial charge in [0, 0.05) is 5.56 Å². The molecule has 156 valence electrons. The molecule has 0 aliphatic heterocycles. The predicted octanol–water partition coefficient (Wildman–Crippen LogP) is 7.29. The first-order chi connectivity index (χ1) is 14.1. The van der Waals surface area contributed by atoms with E-state index < -0.39 is 5.97 Å². The molecule has 0 N–H and O–H groups in total. The third-order valence-electron chi connectivity index (χ3n) is 4.93. The van der Waals surface area contributed by atoms with E-state index in [9.17, 15) is 4.79 Å². The van der Waals surface area contributed by atoms with Gasteiger partial charge in [0.25, 0.3) is 0 Å². The van der Waals surface area contributed by atoms with Gasteiger partial charge in [-0.15, -0.1) is 0 Å². The Kier molecular flexibility index (Phi) is 6.02. The van der Waals surface area contributed by atoms with Gasteiger partial charge in [0.1, 0.15) is 22.8 Å². The van der Waals surface area contributed by atoms with Gasteiger partial charge in [-0.25, -0.2) is 4.79 Å². The molecule has 0 saturated carbocycles. The molecule has 0 amide bonds. The van der Waals surface area contributed by atoms with Crippen molar-refractivity contribution in [1.82, 2.24) is 0 Å². The van der Waals surface area contributed by atoms with Crippen LogP contribution in [0.5, 0.6) is 17.2 Å². The van der Waals surface area contributed by atoms with Crippen LogP contribution in [0.3, 0.4) is 0 Å². The lowest BCUT2D eigenvalue weighted by molar-refractivity contribution is 0.0729. The topological polar surface area (TPSA) is 35.5 Å². The van der Waals surface area contributed by atoms with Gasteiger partial charge < -0.3 is 9.47 Å². The minimum absolute atomic E-state index is 0.0126. The lowest BCUT2D eigenvalue weighted by Crippen LogP contribution is -2.19. The largest absolute Gasteiger partial charge is 0.456 e. The highest BCUT2D eigenvalue weighted by atomic mass is 16.5. The molecule has 3 aromatic rings. The lowest BCUT2D eigenvalue weighted by atomic mass is 9.80. The molecular formula is C27H30O3. The molecule has 3 aromatic carbocycles. The molecular weight excluding hydrogens is 372 g/mol. The van der Waals surface area contributed by atoms with Crippen LogP contribution in [0.4, 0.5) is 0 Å². The molecule has 0 atom stereocenters. The Morgan fingerprint density at radius 1 is 0.700 bits per heavy atom. The maximum absolute atomic E-state index is 13.1. The fraction of sp³-hybridized carbons (Fsp3) is 0.296. The summed E-state index contributed by atoms with van der Waals surface area (Å²) < 4.78 is 11.8. The van der Waals surface area contributed by atoms with Gasteiger partial charge in [-0.1, -0.05) is 84.0 Å². The van der Waals surface area contributed by atoms with Crippen molar-refractivity contribution >= 4 is 5.97 Å². The van der Waals surface area contributed by atoms with Crippen LogP contribution in [0.1, 0.15) is 63.0 Å². The second-order valence-electron chi connectivity index (χ2n) is 9.51. The summed E-state index contributed by atoms with van der Waals surface area (Å²) in [5.41, 5.74) is 2.45. The van der Waals surface area contributed by atoms with Gasteiger partial charge in [-0.05, 0) is 46.7 Å². The van der Waals surface area contributed by atoms with E-state index in [0.29, 0.717) is 22.8 Å². The molecule has 0 fully saturated rings. The molecule has 30 heavy (non-hydrogen) atoms. The van der Waals surface area contributed by atoms with Gasteiger partial charge in [-0.2, -0.15) is 0 Å². The van der Waals surface area contributed by atoms with E-state index in [1.165, 1.54) is 5.56 Å². The number of hydrogen-bond acceptors (Lipinski definition) is 3. The number of hydrogen-bond donors (Lipinski definition) is 0. The minimum atomic E-state index is -0.435. The number of carbonyl (C=O) groups excluding carboxylic acids is 1. The van der Waals surface area contributed by atoms with E-state index in [2.05, 4.69) is 47.6 Å². The van der Waals surface area contributed by atoms with Crippen molar-refractivity contribution in [2.45, 2.75) is 52.4 Å². The second-order valence-corrected chi connectivity index (χ2v) is 9.51. The van der Waals surface area contributed by atoms with E-state index in [4.69, 9.17) is 9.47 Å². The molecule has 3 rings (SSSR count). The highest BCUT2D eigenvalue weighted by Crippen LogP contribution is 2.36. The third-order valence-corrected chi connectivity index (χ3v) is 4.93. The van der Waals surface area contributed by atoms with Crippen molar-refractivity contribution in [3.63, 3.8) is 0 Å². The molecule has 3 heteroatoms. The van der Waals surface area contributed by atoms with Crippen molar-refractivity contribution in [2.24, 2.45) is 0 Å². The Labute approximate surface area is 179 Å². The van der Waals surface area contributed by atoms with E-state index in [1.54, 1.807) is 12.1 Å². The van der Waals surface area contributed by atoms with Crippen LogP contribution in [0.15, 0.2) is 72.8 Å². The highest BCUT2D eigenvalue weighted by Gasteiger charge is 2.25. The summed E-state index contributed by atoms with van der Waals surface area (Å²) in [7, 11) is 0. The zero-order chi connectivity index (χ0) is 21.9. The SMILES string of the molecule is CC(C)(C)c1ccc(OC(=O)c2ccccc2Oc2ccccc2)c(C(C)(C)C)c1. The quantitative estimate of drug-likeness (QED) is 0.339. The van der Waals surface area contributed by atoms with Gasteiger partial charge in [0.15, 0.2) is 0 Å². The Morgan fingerprint density at radius 3 is 1.97 bits per heavy atom. The van der Waals surface area contributed by atoms with E-state index in [1.807, 2.05) is 54.6 Å². The third kappa shape index (κ3) is 5.10. The average molecular weight is 403 g/mol. The zero-order valence-corrected chi connectivity index (χ0v) is 18.7. The van der Waals surface area contributed by atoms with Crippen molar-refractivity contribution in [2.75, 3.05) is 0 Å². The van der Waals surface area contributed by atoms with Crippen LogP contribution in [0, 0.1) is 0 Å². The lowest BCUT2D eigenvalue weighted by Gasteiger charge is -2.27. The average Bonchev–Trinajstić information content (AvgIpc) is 2.68. The molecule has 0 aliphatic rings. The first kappa shape index (κ1) is 21.6. The molecule has 0 aromatic heterocycles. The van der Waals surface area contributed by atoms with E-state index in [-0.39, 0.29) is 10.8 Å². The summed E-state index contributed by atoms with van der Waals surface area (Å²) in [6.45, 7) is 12.9. The van der Waals surface area contributed by atoms with Crippen LogP contribution in [0.25, 0.3) is 0 Å². The first-order valence-corrected chi connectivity index (χ1v) is 10.2. The van der Waals surface area contributed by atoms with E-state index >= 15 is 0 Å². The first-order valence-electron chi connectivity index (χ1n) is 10.2.